The van der Waals surface area contributed by atoms with E-state index in [4.69, 9.17) is 5.26 Å². The van der Waals surface area contributed by atoms with Gasteiger partial charge in [-0.3, -0.25) is 0 Å². The fourth-order valence-electron chi connectivity index (χ4n) is 3.48. The summed E-state index contributed by atoms with van der Waals surface area (Å²) >= 11 is 3.54. The molecule has 1 aromatic carbocycles. The normalized spacial score (nSPS) is 29.8. The third kappa shape index (κ3) is 2.85. The predicted molar refractivity (Wildman–Crippen MR) is 79.8 cm³/mol. The number of nitrogens with one attached hydrogen (secondary N) is 1. The largest absolute Gasteiger partial charge is 0.310 e. The van der Waals surface area contributed by atoms with E-state index in [2.05, 4.69) is 45.5 Å². The van der Waals surface area contributed by atoms with Gasteiger partial charge in [-0.2, -0.15) is 5.26 Å². The lowest BCUT2D eigenvalue weighted by molar-refractivity contribution is 0.368. The van der Waals surface area contributed by atoms with Crippen LogP contribution in [-0.4, -0.2) is 12.1 Å². The Morgan fingerprint density at radius 2 is 2.11 bits per heavy atom. The van der Waals surface area contributed by atoms with E-state index in [9.17, 15) is 0 Å². The molecule has 2 nitrogen and oxygen atoms in total. The highest BCUT2D eigenvalue weighted by Gasteiger charge is 2.30. The Morgan fingerprint density at radius 1 is 1.21 bits per heavy atom. The van der Waals surface area contributed by atoms with Gasteiger partial charge in [-0.1, -0.05) is 28.4 Å². The third-order valence-electron chi connectivity index (χ3n) is 4.53. The first kappa shape index (κ1) is 13.1. The molecule has 3 atom stereocenters. The molecule has 0 saturated heterocycles. The number of halogens is 1. The maximum Gasteiger partial charge on any atom is 0.0672 e. The zero-order chi connectivity index (χ0) is 13.2. The maximum absolute atomic E-state index is 9.16. The summed E-state index contributed by atoms with van der Waals surface area (Å²) in [5.74, 6) is 0.228. The molecule has 100 valence electrons. The van der Waals surface area contributed by atoms with Crippen LogP contribution in [0, 0.1) is 17.2 Å². The van der Waals surface area contributed by atoms with Gasteiger partial charge in [0.15, 0.2) is 0 Å². The van der Waals surface area contributed by atoms with Crippen molar-refractivity contribution in [2.75, 3.05) is 0 Å². The molecule has 0 aliphatic heterocycles. The second kappa shape index (κ2) is 5.64. The zero-order valence-corrected chi connectivity index (χ0v) is 12.6. The van der Waals surface area contributed by atoms with Gasteiger partial charge < -0.3 is 5.32 Å². The van der Waals surface area contributed by atoms with Crippen LogP contribution in [0.3, 0.4) is 0 Å². The summed E-state index contributed by atoms with van der Waals surface area (Å²) in [6.45, 7) is 0. The Labute approximate surface area is 123 Å². The molecule has 3 rings (SSSR count). The molecule has 3 unspecified atom stereocenters. The highest BCUT2D eigenvalue weighted by molar-refractivity contribution is 9.10. The van der Waals surface area contributed by atoms with Gasteiger partial charge >= 0.3 is 0 Å². The quantitative estimate of drug-likeness (QED) is 0.904. The van der Waals surface area contributed by atoms with E-state index in [1.165, 1.54) is 34.9 Å². The number of aryl methyl sites for hydroxylation is 1. The van der Waals surface area contributed by atoms with E-state index in [0.717, 1.165) is 19.3 Å². The monoisotopic (exact) mass is 318 g/mol. The fraction of sp³-hybridized carbons (Fsp3) is 0.562. The molecular formula is C16H19BrN2. The van der Waals surface area contributed by atoms with Gasteiger partial charge in [0.1, 0.15) is 0 Å². The molecular weight excluding hydrogens is 300 g/mol. The summed E-state index contributed by atoms with van der Waals surface area (Å²) in [5, 5.41) is 12.9. The number of hydrogen-bond acceptors (Lipinski definition) is 2. The first-order valence-corrected chi connectivity index (χ1v) is 7.98. The van der Waals surface area contributed by atoms with Gasteiger partial charge in [0.05, 0.1) is 12.0 Å². The Bertz CT molecular complexity index is 506. The van der Waals surface area contributed by atoms with Crippen LogP contribution in [0.4, 0.5) is 0 Å². The number of hydrogen-bond donors (Lipinski definition) is 1. The van der Waals surface area contributed by atoms with Crippen LogP contribution >= 0.6 is 15.9 Å². The van der Waals surface area contributed by atoms with Gasteiger partial charge in [0.25, 0.3) is 0 Å². The number of nitrogens with zero attached hydrogens (tertiary/aromatic N) is 1. The van der Waals surface area contributed by atoms with Crippen molar-refractivity contribution < 1.29 is 0 Å². The molecule has 0 spiro atoms. The van der Waals surface area contributed by atoms with Crippen LogP contribution < -0.4 is 5.32 Å². The smallest absolute Gasteiger partial charge is 0.0672 e. The zero-order valence-electron chi connectivity index (χ0n) is 11.0. The molecule has 1 fully saturated rings. The van der Waals surface area contributed by atoms with Crippen molar-refractivity contribution in [3.8, 4) is 6.07 Å². The second-order valence-corrected chi connectivity index (χ2v) is 6.71. The van der Waals surface area contributed by atoms with Crippen molar-refractivity contribution in [1.82, 2.24) is 5.32 Å². The lowest BCUT2D eigenvalue weighted by atomic mass is 9.87. The lowest BCUT2D eigenvalue weighted by Crippen LogP contribution is -2.43. The minimum absolute atomic E-state index is 0.228. The molecule has 0 bridgehead atoms. The van der Waals surface area contributed by atoms with Crippen molar-refractivity contribution in [1.29, 1.82) is 5.26 Å². The standard InChI is InChI=1S/C16H19BrN2/c17-14-6-4-12-9-15(7-5-11(12)8-14)19-16-3-1-2-13(16)10-18/h4,6,8,13,15-16,19H,1-3,5,7,9H2. The van der Waals surface area contributed by atoms with Crippen LogP contribution in [0.1, 0.15) is 36.8 Å². The van der Waals surface area contributed by atoms with Crippen molar-refractivity contribution >= 4 is 15.9 Å². The Morgan fingerprint density at radius 3 is 2.95 bits per heavy atom. The molecule has 1 saturated carbocycles. The van der Waals surface area contributed by atoms with Crippen molar-refractivity contribution in [3.63, 3.8) is 0 Å². The number of nitriles is 1. The fourth-order valence-corrected chi connectivity index (χ4v) is 3.89. The van der Waals surface area contributed by atoms with E-state index < -0.39 is 0 Å². The molecule has 1 aromatic rings. The predicted octanol–water partition coefficient (Wildman–Crippen LogP) is 3.59. The molecule has 2 aliphatic carbocycles. The van der Waals surface area contributed by atoms with Gasteiger partial charge in [0.2, 0.25) is 0 Å². The van der Waals surface area contributed by atoms with Crippen LogP contribution in [-0.2, 0) is 12.8 Å². The summed E-state index contributed by atoms with van der Waals surface area (Å²) in [4.78, 5) is 0. The van der Waals surface area contributed by atoms with Crippen LogP contribution in [0.25, 0.3) is 0 Å². The first-order chi connectivity index (χ1) is 9.26. The Hall–Kier alpha value is -0.850. The van der Waals surface area contributed by atoms with E-state index in [0.29, 0.717) is 12.1 Å². The molecule has 0 aromatic heterocycles. The van der Waals surface area contributed by atoms with E-state index in [1.807, 2.05) is 0 Å². The minimum Gasteiger partial charge on any atom is -0.310 e. The van der Waals surface area contributed by atoms with Gasteiger partial charge in [-0.15, -0.1) is 0 Å². The summed E-state index contributed by atoms with van der Waals surface area (Å²) in [5.41, 5.74) is 2.95. The summed E-state index contributed by atoms with van der Waals surface area (Å²) in [7, 11) is 0. The third-order valence-corrected chi connectivity index (χ3v) is 5.02. The van der Waals surface area contributed by atoms with Crippen molar-refractivity contribution in [2.24, 2.45) is 5.92 Å². The molecule has 19 heavy (non-hydrogen) atoms. The Kier molecular flexibility index (Phi) is 3.91. The van der Waals surface area contributed by atoms with Gasteiger partial charge in [-0.25, -0.2) is 0 Å². The molecule has 0 radical (unpaired) electrons. The van der Waals surface area contributed by atoms with Crippen LogP contribution in [0.2, 0.25) is 0 Å². The molecule has 0 heterocycles. The Balaban J connectivity index is 1.66. The number of benzene rings is 1. The highest BCUT2D eigenvalue weighted by Crippen LogP contribution is 2.29. The summed E-state index contributed by atoms with van der Waals surface area (Å²) in [6, 6.07) is 10.1. The maximum atomic E-state index is 9.16. The molecule has 1 N–H and O–H groups in total. The summed E-state index contributed by atoms with van der Waals surface area (Å²) < 4.78 is 1.18. The van der Waals surface area contributed by atoms with Gasteiger partial charge in [0, 0.05) is 16.6 Å². The van der Waals surface area contributed by atoms with E-state index >= 15 is 0 Å². The van der Waals surface area contributed by atoms with Crippen LogP contribution in [0.5, 0.6) is 0 Å². The van der Waals surface area contributed by atoms with Gasteiger partial charge in [-0.05, 0) is 55.4 Å². The van der Waals surface area contributed by atoms with Crippen LogP contribution in [0.15, 0.2) is 22.7 Å². The second-order valence-electron chi connectivity index (χ2n) is 5.79. The first-order valence-electron chi connectivity index (χ1n) is 7.19. The van der Waals surface area contributed by atoms with E-state index in [-0.39, 0.29) is 5.92 Å². The number of fused-ring (bicyclic) bond motifs is 1. The highest BCUT2D eigenvalue weighted by atomic mass is 79.9. The summed E-state index contributed by atoms with van der Waals surface area (Å²) in [6.07, 6.45) is 6.89. The molecule has 0 amide bonds. The minimum atomic E-state index is 0.228. The number of rotatable bonds is 2. The lowest BCUT2D eigenvalue weighted by Gasteiger charge is -2.29. The SMILES string of the molecule is N#CC1CCCC1NC1CCc2cc(Br)ccc2C1. The van der Waals surface area contributed by atoms with Crippen molar-refractivity contribution in [3.05, 3.63) is 33.8 Å². The average Bonchev–Trinajstić information content (AvgIpc) is 2.86. The van der Waals surface area contributed by atoms with Crippen molar-refractivity contribution in [2.45, 2.75) is 50.6 Å². The average molecular weight is 319 g/mol. The molecule has 3 heteroatoms. The van der Waals surface area contributed by atoms with E-state index in [1.54, 1.807) is 0 Å². The molecule has 2 aliphatic rings. The topological polar surface area (TPSA) is 35.8 Å².